The lowest BCUT2D eigenvalue weighted by Crippen LogP contribution is -2.08. The van der Waals surface area contributed by atoms with E-state index in [1.54, 1.807) is 0 Å². The quantitative estimate of drug-likeness (QED) is 0.483. The summed E-state index contributed by atoms with van der Waals surface area (Å²) in [5, 5.41) is 8.80. The molecule has 1 aromatic rings. The first-order valence-corrected chi connectivity index (χ1v) is 3.18. The monoisotopic (exact) mass is 168 g/mol. The van der Waals surface area contributed by atoms with Crippen molar-refractivity contribution in [2.45, 2.75) is 0 Å². The zero-order valence-corrected chi connectivity index (χ0v) is 6.26. The van der Waals surface area contributed by atoms with E-state index in [0.29, 0.717) is 16.4 Å². The van der Waals surface area contributed by atoms with Crippen molar-refractivity contribution in [3.8, 4) is 6.07 Å². The molecule has 0 radical (unpaired) electrons. The van der Waals surface area contributed by atoms with Gasteiger partial charge in [0, 0.05) is 12.3 Å². The van der Waals surface area contributed by atoms with Gasteiger partial charge in [0.05, 0.1) is 10.6 Å². The van der Waals surface area contributed by atoms with Gasteiger partial charge >= 0.3 is 0 Å². The number of nitrogens with zero attached hydrogens (tertiary/aromatic N) is 2. The van der Waals surface area contributed by atoms with Crippen LogP contribution in [0.5, 0.6) is 0 Å². The number of hydrogen-bond acceptors (Lipinski definition) is 4. The molecule has 0 unspecified atom stereocenters. The number of halogens is 1. The maximum absolute atomic E-state index is 8.46. The molecule has 11 heavy (non-hydrogen) atoms. The predicted molar refractivity (Wildman–Crippen MR) is 41.8 cm³/mol. The summed E-state index contributed by atoms with van der Waals surface area (Å²) in [5.74, 6) is 5.50. The standard InChI is InChI=1S/C6H5ClN4/c7-5-1-6(11-9)10-3-4(5)2-8/h1,3H,9H2,(H,10,11). The summed E-state index contributed by atoms with van der Waals surface area (Å²) in [6.07, 6.45) is 1.36. The highest BCUT2D eigenvalue weighted by Gasteiger charge is 1.99. The van der Waals surface area contributed by atoms with Crippen molar-refractivity contribution < 1.29 is 0 Å². The molecule has 0 saturated heterocycles. The van der Waals surface area contributed by atoms with Crippen LogP contribution in [0.2, 0.25) is 5.02 Å². The molecule has 0 amide bonds. The maximum Gasteiger partial charge on any atom is 0.141 e. The number of nitrogens with one attached hydrogen (secondary N) is 1. The smallest absolute Gasteiger partial charge is 0.141 e. The highest BCUT2D eigenvalue weighted by Crippen LogP contribution is 2.16. The normalized spacial score (nSPS) is 8.82. The van der Waals surface area contributed by atoms with Gasteiger partial charge in [-0.15, -0.1) is 0 Å². The Labute approximate surface area is 68.6 Å². The summed E-state index contributed by atoms with van der Waals surface area (Å²) < 4.78 is 0. The zero-order valence-electron chi connectivity index (χ0n) is 5.50. The second kappa shape index (κ2) is 3.19. The second-order valence-corrected chi connectivity index (χ2v) is 2.21. The Hall–Kier alpha value is -1.31. The summed E-state index contributed by atoms with van der Waals surface area (Å²) in [7, 11) is 0. The predicted octanol–water partition coefficient (Wildman–Crippen LogP) is 0.892. The number of aromatic nitrogens is 1. The maximum atomic E-state index is 8.46. The highest BCUT2D eigenvalue weighted by atomic mass is 35.5. The number of nitrogen functional groups attached to an aromatic ring is 1. The van der Waals surface area contributed by atoms with Gasteiger partial charge in [0.2, 0.25) is 0 Å². The lowest BCUT2D eigenvalue weighted by atomic mass is 10.3. The molecule has 0 atom stereocenters. The van der Waals surface area contributed by atoms with Crippen LogP contribution in [-0.2, 0) is 0 Å². The molecule has 0 aromatic carbocycles. The molecule has 0 aliphatic carbocycles. The number of hydrogen-bond donors (Lipinski definition) is 2. The van der Waals surface area contributed by atoms with Crippen LogP contribution >= 0.6 is 11.6 Å². The third-order valence-electron chi connectivity index (χ3n) is 1.12. The van der Waals surface area contributed by atoms with Crippen LogP contribution in [0.1, 0.15) is 5.56 Å². The Bertz CT molecular complexity index is 304. The second-order valence-electron chi connectivity index (χ2n) is 1.81. The first kappa shape index (κ1) is 7.79. The van der Waals surface area contributed by atoms with Gasteiger partial charge in [-0.05, 0) is 0 Å². The van der Waals surface area contributed by atoms with E-state index >= 15 is 0 Å². The van der Waals surface area contributed by atoms with Crippen molar-refractivity contribution in [2.24, 2.45) is 5.84 Å². The average Bonchev–Trinajstić information content (AvgIpc) is 2.04. The molecule has 1 heterocycles. The number of nitriles is 1. The van der Waals surface area contributed by atoms with E-state index < -0.39 is 0 Å². The van der Waals surface area contributed by atoms with E-state index in [0.717, 1.165) is 0 Å². The van der Waals surface area contributed by atoms with E-state index in [2.05, 4.69) is 10.4 Å². The topological polar surface area (TPSA) is 74.7 Å². The summed E-state index contributed by atoms with van der Waals surface area (Å²) in [4.78, 5) is 3.79. The van der Waals surface area contributed by atoms with E-state index in [1.165, 1.54) is 12.3 Å². The van der Waals surface area contributed by atoms with Gasteiger partial charge in [0.15, 0.2) is 0 Å². The minimum atomic E-state index is 0.339. The molecule has 4 nitrogen and oxygen atoms in total. The Morgan fingerprint density at radius 2 is 2.45 bits per heavy atom. The third kappa shape index (κ3) is 1.58. The fraction of sp³-hybridized carbons (Fsp3) is 0. The van der Waals surface area contributed by atoms with Gasteiger partial charge in [-0.2, -0.15) is 5.26 Å². The fourth-order valence-corrected chi connectivity index (χ4v) is 0.786. The molecule has 56 valence electrons. The third-order valence-corrected chi connectivity index (χ3v) is 1.43. The first-order chi connectivity index (χ1) is 5.27. The van der Waals surface area contributed by atoms with Crippen molar-refractivity contribution in [1.29, 1.82) is 5.26 Å². The molecule has 0 fully saturated rings. The molecule has 0 bridgehead atoms. The van der Waals surface area contributed by atoms with Crippen LogP contribution in [0.4, 0.5) is 5.82 Å². The molecule has 0 aliphatic heterocycles. The number of rotatable bonds is 1. The molecule has 0 saturated carbocycles. The molecule has 1 aromatic heterocycles. The van der Waals surface area contributed by atoms with Gasteiger partial charge in [0.25, 0.3) is 0 Å². The molecule has 0 spiro atoms. The minimum absolute atomic E-state index is 0.339. The highest BCUT2D eigenvalue weighted by molar-refractivity contribution is 6.31. The Morgan fingerprint density at radius 1 is 1.73 bits per heavy atom. The summed E-state index contributed by atoms with van der Waals surface area (Å²) >= 11 is 5.65. The van der Waals surface area contributed by atoms with E-state index in [4.69, 9.17) is 22.7 Å². The molecule has 0 aliphatic rings. The number of nitrogens with two attached hydrogens (primary N) is 1. The number of hydrazine groups is 1. The van der Waals surface area contributed by atoms with Crippen LogP contribution in [0.25, 0.3) is 0 Å². The largest absolute Gasteiger partial charge is 0.308 e. The SMILES string of the molecule is N#Cc1cnc(NN)cc1Cl. The van der Waals surface area contributed by atoms with Crippen molar-refractivity contribution in [2.75, 3.05) is 5.43 Å². The Morgan fingerprint density at radius 3 is 2.91 bits per heavy atom. The lowest BCUT2D eigenvalue weighted by molar-refractivity contribution is 1.22. The van der Waals surface area contributed by atoms with Crippen LogP contribution in [0.15, 0.2) is 12.3 Å². The number of pyridine rings is 1. The van der Waals surface area contributed by atoms with Crippen LogP contribution in [0, 0.1) is 11.3 Å². The van der Waals surface area contributed by atoms with Crippen LogP contribution < -0.4 is 11.3 Å². The first-order valence-electron chi connectivity index (χ1n) is 2.80. The van der Waals surface area contributed by atoms with E-state index in [9.17, 15) is 0 Å². The van der Waals surface area contributed by atoms with Gasteiger partial charge in [0.1, 0.15) is 11.9 Å². The van der Waals surface area contributed by atoms with Gasteiger partial charge in [-0.1, -0.05) is 11.6 Å². The molecule has 1 rings (SSSR count). The van der Waals surface area contributed by atoms with Crippen molar-refractivity contribution in [3.05, 3.63) is 22.8 Å². The van der Waals surface area contributed by atoms with E-state index in [1.807, 2.05) is 6.07 Å². The minimum Gasteiger partial charge on any atom is -0.308 e. The number of anilines is 1. The van der Waals surface area contributed by atoms with Crippen molar-refractivity contribution >= 4 is 17.4 Å². The fourth-order valence-electron chi connectivity index (χ4n) is 0.592. The Balaban J connectivity index is 3.12. The summed E-state index contributed by atoms with van der Waals surface area (Å²) in [6.45, 7) is 0. The van der Waals surface area contributed by atoms with Gasteiger partial charge in [-0.3, -0.25) is 0 Å². The molecule has 3 N–H and O–H groups in total. The molecular weight excluding hydrogens is 164 g/mol. The van der Waals surface area contributed by atoms with Crippen molar-refractivity contribution in [3.63, 3.8) is 0 Å². The van der Waals surface area contributed by atoms with Gasteiger partial charge < -0.3 is 5.43 Å². The molecule has 5 heteroatoms. The summed E-state index contributed by atoms with van der Waals surface area (Å²) in [6, 6.07) is 3.37. The average molecular weight is 169 g/mol. The summed E-state index contributed by atoms with van der Waals surface area (Å²) in [5.41, 5.74) is 2.65. The van der Waals surface area contributed by atoms with Crippen molar-refractivity contribution in [1.82, 2.24) is 4.98 Å². The van der Waals surface area contributed by atoms with E-state index in [-0.39, 0.29) is 0 Å². The van der Waals surface area contributed by atoms with Crippen LogP contribution in [0.3, 0.4) is 0 Å². The van der Waals surface area contributed by atoms with Crippen LogP contribution in [-0.4, -0.2) is 4.98 Å². The Kier molecular flexibility index (Phi) is 2.26. The molecular formula is C6H5ClN4. The lowest BCUT2D eigenvalue weighted by Gasteiger charge is -1.98. The zero-order chi connectivity index (χ0) is 8.27. The van der Waals surface area contributed by atoms with Gasteiger partial charge in [-0.25, -0.2) is 10.8 Å².